The fraction of sp³-hybridized carbons (Fsp3) is 0.429. The highest BCUT2D eigenvalue weighted by molar-refractivity contribution is 8.13. The minimum atomic E-state index is -0.395. The lowest BCUT2D eigenvalue weighted by Crippen LogP contribution is -2.39. The van der Waals surface area contributed by atoms with Crippen LogP contribution in [-0.2, 0) is 16.1 Å². The summed E-state index contributed by atoms with van der Waals surface area (Å²) in [6.07, 6.45) is 2.94. The molecule has 0 aliphatic carbocycles. The summed E-state index contributed by atoms with van der Waals surface area (Å²) in [6.45, 7) is 0.848. The molecule has 0 N–H and O–H groups in total. The van der Waals surface area contributed by atoms with Crippen LogP contribution in [0.25, 0.3) is 0 Å². The molecule has 19 heavy (non-hydrogen) atoms. The number of carbonyl (C=O) groups excluding carboxylic acids is 2. The van der Waals surface area contributed by atoms with Crippen LogP contribution in [0.4, 0.5) is 4.79 Å². The zero-order valence-electron chi connectivity index (χ0n) is 10.9. The lowest BCUT2D eigenvalue weighted by molar-refractivity contribution is -0.114. The van der Waals surface area contributed by atoms with Gasteiger partial charge in [0.25, 0.3) is 0 Å². The van der Waals surface area contributed by atoms with Crippen molar-refractivity contribution in [2.24, 2.45) is 0 Å². The summed E-state index contributed by atoms with van der Waals surface area (Å²) < 4.78 is 5.26. The Balaban J connectivity index is 1.90. The van der Waals surface area contributed by atoms with E-state index in [1.807, 2.05) is 30.3 Å². The van der Waals surface area contributed by atoms with Crippen LogP contribution in [0.3, 0.4) is 0 Å². The van der Waals surface area contributed by atoms with Crippen molar-refractivity contribution in [2.45, 2.75) is 25.5 Å². The number of benzene rings is 1. The Morgan fingerprint density at radius 2 is 2.11 bits per heavy atom. The van der Waals surface area contributed by atoms with Crippen LogP contribution in [-0.4, -0.2) is 35.0 Å². The maximum absolute atomic E-state index is 12.0. The van der Waals surface area contributed by atoms with Gasteiger partial charge in [0.1, 0.15) is 12.6 Å². The third kappa shape index (κ3) is 3.50. The Morgan fingerprint density at radius 1 is 1.37 bits per heavy atom. The average Bonchev–Trinajstić information content (AvgIpc) is 2.94. The molecular weight excluding hydrogens is 262 g/mol. The molecule has 1 fully saturated rings. The zero-order chi connectivity index (χ0) is 13.7. The molecule has 1 saturated heterocycles. The first kappa shape index (κ1) is 13.9. The number of ether oxygens (including phenoxy) is 1. The van der Waals surface area contributed by atoms with Crippen molar-refractivity contribution in [3.63, 3.8) is 0 Å². The second-order valence-electron chi connectivity index (χ2n) is 4.41. The molecule has 102 valence electrons. The lowest BCUT2D eigenvalue weighted by Gasteiger charge is -2.22. The number of amides is 1. The van der Waals surface area contributed by atoms with Gasteiger partial charge in [-0.3, -0.25) is 9.69 Å². The van der Waals surface area contributed by atoms with E-state index in [1.54, 1.807) is 11.2 Å². The molecule has 1 atom stereocenters. The molecular formula is C14H17NO3S. The van der Waals surface area contributed by atoms with Gasteiger partial charge in [-0.25, -0.2) is 4.79 Å². The van der Waals surface area contributed by atoms with E-state index >= 15 is 0 Å². The predicted molar refractivity (Wildman–Crippen MR) is 74.9 cm³/mol. The van der Waals surface area contributed by atoms with Gasteiger partial charge in [0.05, 0.1) is 0 Å². The molecule has 1 heterocycles. The summed E-state index contributed by atoms with van der Waals surface area (Å²) in [5, 5.41) is 0.0363. The number of hydrogen-bond donors (Lipinski definition) is 0. The molecule has 0 saturated carbocycles. The molecule has 0 bridgehead atoms. The summed E-state index contributed by atoms with van der Waals surface area (Å²) in [7, 11) is 0. The van der Waals surface area contributed by atoms with Crippen LogP contribution in [0.5, 0.6) is 0 Å². The highest BCUT2D eigenvalue weighted by atomic mass is 32.2. The van der Waals surface area contributed by atoms with Crippen LogP contribution in [0, 0.1) is 0 Å². The standard InChI is InChI=1S/C14H17NO3S/c1-19-13(16)12-8-5-9-15(12)14(17)18-10-11-6-3-2-4-7-11/h2-4,6-7,12H,5,8-10H2,1H3/t12-/m0/s1. The first-order valence-corrected chi connectivity index (χ1v) is 7.50. The van der Waals surface area contributed by atoms with Gasteiger partial charge >= 0.3 is 6.09 Å². The van der Waals surface area contributed by atoms with Gasteiger partial charge in [0.15, 0.2) is 0 Å². The molecule has 0 unspecified atom stereocenters. The van der Waals surface area contributed by atoms with Gasteiger partial charge in [0.2, 0.25) is 5.12 Å². The first-order valence-electron chi connectivity index (χ1n) is 6.27. The minimum Gasteiger partial charge on any atom is -0.445 e. The average molecular weight is 279 g/mol. The van der Waals surface area contributed by atoms with Crippen LogP contribution >= 0.6 is 11.8 Å². The highest BCUT2D eigenvalue weighted by Gasteiger charge is 2.34. The largest absolute Gasteiger partial charge is 0.445 e. The van der Waals surface area contributed by atoms with E-state index < -0.39 is 6.09 Å². The van der Waals surface area contributed by atoms with Crippen molar-refractivity contribution in [2.75, 3.05) is 12.8 Å². The molecule has 0 radical (unpaired) electrons. The summed E-state index contributed by atoms with van der Waals surface area (Å²) in [5.41, 5.74) is 0.947. The minimum absolute atomic E-state index is 0.0363. The molecule has 1 aliphatic rings. The Hall–Kier alpha value is -1.49. The Kier molecular flexibility index (Phi) is 4.85. The molecule has 2 rings (SSSR count). The van der Waals surface area contributed by atoms with Crippen molar-refractivity contribution in [3.8, 4) is 0 Å². The molecule has 0 spiro atoms. The van der Waals surface area contributed by atoms with Crippen molar-refractivity contribution in [1.82, 2.24) is 4.90 Å². The van der Waals surface area contributed by atoms with Crippen LogP contribution < -0.4 is 0 Å². The Bertz CT molecular complexity index is 449. The molecule has 0 aromatic heterocycles. The highest BCUT2D eigenvalue weighted by Crippen LogP contribution is 2.22. The molecule has 1 aromatic carbocycles. The van der Waals surface area contributed by atoms with Gasteiger partial charge in [-0.1, -0.05) is 42.1 Å². The molecule has 4 nitrogen and oxygen atoms in total. The van der Waals surface area contributed by atoms with Gasteiger partial charge in [-0.2, -0.15) is 0 Å². The van der Waals surface area contributed by atoms with Crippen molar-refractivity contribution in [1.29, 1.82) is 0 Å². The number of thioether (sulfide) groups is 1. The van der Waals surface area contributed by atoms with Crippen molar-refractivity contribution in [3.05, 3.63) is 35.9 Å². The topological polar surface area (TPSA) is 46.6 Å². The fourth-order valence-corrected chi connectivity index (χ4v) is 2.69. The normalized spacial score (nSPS) is 18.4. The monoisotopic (exact) mass is 279 g/mol. The third-order valence-electron chi connectivity index (χ3n) is 3.17. The fourth-order valence-electron chi connectivity index (χ4n) is 2.17. The summed E-state index contributed by atoms with van der Waals surface area (Å²) >= 11 is 1.17. The molecule has 5 heteroatoms. The maximum Gasteiger partial charge on any atom is 0.410 e. The Morgan fingerprint density at radius 3 is 2.79 bits per heavy atom. The van der Waals surface area contributed by atoms with Gasteiger partial charge in [-0.05, 0) is 24.7 Å². The van der Waals surface area contributed by atoms with E-state index in [0.717, 1.165) is 18.4 Å². The summed E-state index contributed by atoms with van der Waals surface area (Å²) in [4.78, 5) is 25.3. The van der Waals surface area contributed by atoms with E-state index in [0.29, 0.717) is 6.54 Å². The van der Waals surface area contributed by atoms with Gasteiger partial charge < -0.3 is 4.74 Å². The Labute approximate surface area is 117 Å². The molecule has 1 aliphatic heterocycles. The summed E-state index contributed by atoms with van der Waals surface area (Å²) in [5.74, 6) is 0. The van der Waals surface area contributed by atoms with E-state index in [2.05, 4.69) is 0 Å². The number of hydrogen-bond acceptors (Lipinski definition) is 4. The predicted octanol–water partition coefficient (Wildman–Crippen LogP) is 2.68. The van der Waals surface area contributed by atoms with Gasteiger partial charge in [-0.15, -0.1) is 0 Å². The quantitative estimate of drug-likeness (QED) is 0.853. The van der Waals surface area contributed by atoms with Crippen LogP contribution in [0.2, 0.25) is 0 Å². The smallest absolute Gasteiger partial charge is 0.410 e. The molecule has 1 amide bonds. The number of nitrogens with zero attached hydrogens (tertiary/aromatic N) is 1. The lowest BCUT2D eigenvalue weighted by atomic mass is 10.2. The van der Waals surface area contributed by atoms with E-state index in [4.69, 9.17) is 4.74 Å². The molecule has 1 aromatic rings. The second kappa shape index (κ2) is 6.61. The van der Waals surface area contributed by atoms with Gasteiger partial charge in [0, 0.05) is 6.54 Å². The number of carbonyl (C=O) groups is 2. The van der Waals surface area contributed by atoms with E-state index in [1.165, 1.54) is 11.8 Å². The SMILES string of the molecule is CSC(=O)[C@@H]1CCCN1C(=O)OCc1ccccc1. The van der Waals surface area contributed by atoms with E-state index in [-0.39, 0.29) is 17.8 Å². The van der Waals surface area contributed by atoms with Crippen molar-refractivity contribution < 1.29 is 14.3 Å². The van der Waals surface area contributed by atoms with E-state index in [9.17, 15) is 9.59 Å². The zero-order valence-corrected chi connectivity index (χ0v) is 11.7. The summed E-state index contributed by atoms with van der Waals surface area (Å²) in [6, 6.07) is 9.21. The number of likely N-dealkylation sites (tertiary alicyclic amines) is 1. The van der Waals surface area contributed by atoms with Crippen molar-refractivity contribution >= 4 is 23.0 Å². The van der Waals surface area contributed by atoms with Crippen LogP contribution in [0.1, 0.15) is 18.4 Å². The van der Waals surface area contributed by atoms with Crippen LogP contribution in [0.15, 0.2) is 30.3 Å². The second-order valence-corrected chi connectivity index (χ2v) is 5.23. The maximum atomic E-state index is 12.0. The third-order valence-corrected chi connectivity index (χ3v) is 3.84. The number of rotatable bonds is 3. The first-order chi connectivity index (χ1) is 9.22.